The minimum Gasteiger partial charge on any atom is -0.623 e. The maximum Gasteiger partial charge on any atom is 0.205 e. The second kappa shape index (κ2) is 4.54. The van der Waals surface area contributed by atoms with Gasteiger partial charge in [0.2, 0.25) is 11.8 Å². The molecule has 0 atom stereocenters. The van der Waals surface area contributed by atoms with Crippen molar-refractivity contribution in [1.29, 1.82) is 0 Å². The van der Waals surface area contributed by atoms with Gasteiger partial charge in [0.25, 0.3) is 0 Å². The van der Waals surface area contributed by atoms with E-state index < -0.39 is 5.54 Å². The zero-order valence-electron chi connectivity index (χ0n) is 8.66. The highest BCUT2D eigenvalue weighted by Crippen LogP contribution is 2.04. The third-order valence-corrected chi connectivity index (χ3v) is 1.88. The van der Waals surface area contributed by atoms with Crippen molar-refractivity contribution in [2.45, 2.75) is 19.4 Å². The Labute approximate surface area is 88.0 Å². The lowest BCUT2D eigenvalue weighted by atomic mass is 10.1. The van der Waals surface area contributed by atoms with E-state index in [9.17, 15) is 5.21 Å². The van der Waals surface area contributed by atoms with Crippen LogP contribution in [0.4, 0.5) is 0 Å². The van der Waals surface area contributed by atoms with Gasteiger partial charge in [-0.2, -0.15) is 4.74 Å². The summed E-state index contributed by atoms with van der Waals surface area (Å²) >= 11 is 0. The van der Waals surface area contributed by atoms with Crippen molar-refractivity contribution < 1.29 is 9.95 Å². The van der Waals surface area contributed by atoms with Crippen LogP contribution in [0.15, 0.2) is 29.6 Å². The number of hydrogen-bond acceptors (Lipinski definition) is 4. The maximum absolute atomic E-state index is 11.6. The van der Waals surface area contributed by atoms with Gasteiger partial charge in [-0.05, 0) is 12.1 Å². The molecule has 0 spiro atoms. The van der Waals surface area contributed by atoms with Gasteiger partial charge in [0, 0.05) is 20.0 Å². The average molecular weight is 207 g/mol. The molecule has 0 aromatic carbocycles. The number of nitrogens with zero attached hydrogens (tertiary/aromatic N) is 3. The molecule has 0 aliphatic rings. The van der Waals surface area contributed by atoms with Gasteiger partial charge in [0.15, 0.2) is 0 Å². The number of aromatic nitrogens is 1. The van der Waals surface area contributed by atoms with Crippen molar-refractivity contribution in [3.63, 3.8) is 0 Å². The molecule has 5 heteroatoms. The van der Waals surface area contributed by atoms with Crippen LogP contribution in [-0.2, 0) is 0 Å². The smallest absolute Gasteiger partial charge is 0.205 e. The fraction of sp³-hybridized carbons (Fsp3) is 0.300. The zero-order valence-corrected chi connectivity index (χ0v) is 8.66. The van der Waals surface area contributed by atoms with Crippen LogP contribution < -0.4 is 0 Å². The lowest BCUT2D eigenvalue weighted by molar-refractivity contribution is -0.511. The largest absolute Gasteiger partial charge is 0.623 e. The summed E-state index contributed by atoms with van der Waals surface area (Å²) in [4.78, 5) is 3.99. The Bertz CT molecular complexity index is 372. The van der Waals surface area contributed by atoms with E-state index in [-0.39, 0.29) is 0 Å². The van der Waals surface area contributed by atoms with Crippen LogP contribution >= 0.6 is 0 Å². The van der Waals surface area contributed by atoms with Crippen molar-refractivity contribution in [2.24, 2.45) is 5.16 Å². The molecule has 0 aliphatic carbocycles. The van der Waals surface area contributed by atoms with Crippen molar-refractivity contribution in [1.82, 2.24) is 4.98 Å². The summed E-state index contributed by atoms with van der Waals surface area (Å²) in [7, 11) is 0. The Morgan fingerprint density at radius 3 is 2.80 bits per heavy atom. The highest BCUT2D eigenvalue weighted by Gasteiger charge is 2.24. The summed E-state index contributed by atoms with van der Waals surface area (Å²) in [5, 5.41) is 22.9. The first-order chi connectivity index (χ1) is 7.06. The Hall–Kier alpha value is -1.91. The Balaban J connectivity index is 2.94. The van der Waals surface area contributed by atoms with Gasteiger partial charge in [-0.15, -0.1) is 0 Å². The summed E-state index contributed by atoms with van der Waals surface area (Å²) in [6, 6.07) is 5.28. The Kier molecular flexibility index (Phi) is 3.38. The SMILES string of the molecule is CC(C)(/C=N\O)/[N+]([O-])=C/c1ccccn1. The lowest BCUT2D eigenvalue weighted by Crippen LogP contribution is -2.35. The van der Waals surface area contributed by atoms with Crippen LogP contribution in [0.3, 0.4) is 0 Å². The van der Waals surface area contributed by atoms with E-state index in [4.69, 9.17) is 5.21 Å². The molecule has 1 aromatic heterocycles. The van der Waals surface area contributed by atoms with Gasteiger partial charge in [-0.1, -0.05) is 11.2 Å². The molecule has 1 heterocycles. The standard InChI is InChI=1S/C10H13N3O2/c1-10(2,8-12-14)13(15)7-9-5-3-4-6-11-9/h3-8,14H,1-2H3/b12-8-,13-7-. The summed E-state index contributed by atoms with van der Waals surface area (Å²) in [6.07, 6.45) is 4.12. The van der Waals surface area contributed by atoms with E-state index in [0.29, 0.717) is 10.4 Å². The molecular formula is C10H13N3O2. The molecule has 0 radical (unpaired) electrons. The molecule has 0 saturated carbocycles. The molecule has 0 amide bonds. The van der Waals surface area contributed by atoms with Crippen molar-refractivity contribution in [3.8, 4) is 0 Å². The van der Waals surface area contributed by atoms with Gasteiger partial charge < -0.3 is 10.4 Å². The highest BCUT2D eigenvalue weighted by atomic mass is 16.5. The summed E-state index contributed by atoms with van der Waals surface area (Å²) in [5.74, 6) is 0. The fourth-order valence-corrected chi connectivity index (χ4v) is 0.937. The first kappa shape index (κ1) is 11.2. The molecule has 1 rings (SSSR count). The molecule has 1 N–H and O–H groups in total. The molecule has 80 valence electrons. The third-order valence-electron chi connectivity index (χ3n) is 1.88. The molecule has 0 saturated heterocycles. The molecule has 0 unspecified atom stereocenters. The monoisotopic (exact) mass is 207 g/mol. The topological polar surface area (TPSA) is 71.5 Å². The maximum atomic E-state index is 11.6. The minimum absolute atomic E-state index is 0.562. The number of hydroxylamine groups is 1. The average Bonchev–Trinajstić information content (AvgIpc) is 2.19. The van der Waals surface area contributed by atoms with Gasteiger partial charge in [-0.3, -0.25) is 4.98 Å². The van der Waals surface area contributed by atoms with Gasteiger partial charge in [-0.25, -0.2) is 0 Å². The number of oxime groups is 1. The van der Waals surface area contributed by atoms with E-state index in [1.54, 1.807) is 38.2 Å². The first-order valence-corrected chi connectivity index (χ1v) is 4.47. The Morgan fingerprint density at radius 1 is 1.53 bits per heavy atom. The van der Waals surface area contributed by atoms with E-state index in [1.807, 2.05) is 0 Å². The summed E-state index contributed by atoms with van der Waals surface area (Å²) < 4.78 is 0.690. The van der Waals surface area contributed by atoms with E-state index in [2.05, 4.69) is 10.1 Å². The number of pyridine rings is 1. The van der Waals surface area contributed by atoms with Crippen LogP contribution in [-0.4, -0.2) is 32.9 Å². The predicted octanol–water partition coefficient (Wildman–Crippen LogP) is 1.25. The zero-order chi connectivity index (χ0) is 11.3. The van der Waals surface area contributed by atoms with Crippen molar-refractivity contribution in [2.75, 3.05) is 0 Å². The second-order valence-electron chi connectivity index (χ2n) is 3.61. The summed E-state index contributed by atoms with van der Waals surface area (Å²) in [6.45, 7) is 3.28. The molecule has 0 fully saturated rings. The number of hydrogen-bond donors (Lipinski definition) is 1. The summed E-state index contributed by atoms with van der Waals surface area (Å²) in [5.41, 5.74) is -0.335. The first-order valence-electron chi connectivity index (χ1n) is 4.47. The van der Waals surface area contributed by atoms with Crippen LogP contribution in [0.2, 0.25) is 0 Å². The molecule has 0 aliphatic heterocycles. The quantitative estimate of drug-likeness (QED) is 0.266. The predicted molar refractivity (Wildman–Crippen MR) is 57.4 cm³/mol. The molecular weight excluding hydrogens is 194 g/mol. The highest BCUT2D eigenvalue weighted by molar-refractivity contribution is 5.74. The van der Waals surface area contributed by atoms with Gasteiger partial charge in [0.05, 0.1) is 0 Å². The number of rotatable bonds is 3. The Morgan fingerprint density at radius 2 is 2.27 bits per heavy atom. The van der Waals surface area contributed by atoms with E-state index >= 15 is 0 Å². The minimum atomic E-state index is -0.897. The third kappa shape index (κ3) is 3.05. The van der Waals surface area contributed by atoms with Crippen LogP contribution in [0.5, 0.6) is 0 Å². The lowest BCUT2D eigenvalue weighted by Gasteiger charge is -2.18. The second-order valence-corrected chi connectivity index (χ2v) is 3.61. The van der Waals surface area contributed by atoms with Gasteiger partial charge >= 0.3 is 0 Å². The molecule has 5 nitrogen and oxygen atoms in total. The van der Waals surface area contributed by atoms with E-state index in [0.717, 1.165) is 0 Å². The molecule has 15 heavy (non-hydrogen) atoms. The fourth-order valence-electron chi connectivity index (χ4n) is 0.937. The van der Waals surface area contributed by atoms with E-state index in [1.165, 1.54) is 12.4 Å². The van der Waals surface area contributed by atoms with Gasteiger partial charge in [0.1, 0.15) is 11.9 Å². The van der Waals surface area contributed by atoms with Crippen LogP contribution in [0.25, 0.3) is 0 Å². The van der Waals surface area contributed by atoms with Crippen molar-refractivity contribution >= 4 is 12.4 Å². The van der Waals surface area contributed by atoms with Crippen LogP contribution in [0.1, 0.15) is 19.5 Å². The molecule has 0 bridgehead atoms. The molecule has 1 aromatic rings. The normalized spacial score (nSPS) is 13.3. The van der Waals surface area contributed by atoms with Crippen LogP contribution in [0, 0.1) is 5.21 Å². The van der Waals surface area contributed by atoms with Crippen molar-refractivity contribution in [3.05, 3.63) is 35.3 Å².